The number of hydrogen-bond acceptors (Lipinski definition) is 1. The molecule has 2 aromatic carbocycles. The van der Waals surface area contributed by atoms with Crippen LogP contribution in [-0.2, 0) is 19.3 Å². The molecule has 8 heteroatoms. The number of nitrogens with one attached hydrogen (secondary N) is 1. The van der Waals surface area contributed by atoms with E-state index in [1.54, 1.807) is 6.07 Å². The average molecular weight is 464 g/mol. The van der Waals surface area contributed by atoms with Crippen LogP contribution in [0.5, 0.6) is 0 Å². The number of aromatic nitrogens is 1. The van der Waals surface area contributed by atoms with Gasteiger partial charge >= 0.3 is 12.2 Å². The van der Waals surface area contributed by atoms with Gasteiger partial charge in [-0.15, -0.1) is 0 Å². The lowest BCUT2D eigenvalue weighted by Gasteiger charge is -2.26. The lowest BCUT2D eigenvalue weighted by molar-refractivity contribution is -0.136. The van der Waals surface area contributed by atoms with E-state index in [1.165, 1.54) is 23.1 Å². The number of carbonyl (C=O) groups excluding carboxylic acids is 1. The highest BCUT2D eigenvalue weighted by Gasteiger charge is 2.34. The van der Waals surface area contributed by atoms with Gasteiger partial charge in [0.2, 0.25) is 0 Å². The van der Waals surface area contributed by atoms with E-state index in [1.807, 2.05) is 54.9 Å². The Labute approximate surface area is 190 Å². The standard InChI is InChI=1S/C24H25ClF3N3O/c1-17(2)14-31(23(32)29-22-11-4-3-10-21(22)24(26,27)28)16-20-9-6-12-30(20)15-18-7-5-8-19(25)13-18/h3-13,17H,14-16H2,1-2H3,(H,29,32). The lowest BCUT2D eigenvalue weighted by Crippen LogP contribution is -2.38. The second kappa shape index (κ2) is 10.1. The van der Waals surface area contributed by atoms with E-state index in [9.17, 15) is 18.0 Å². The summed E-state index contributed by atoms with van der Waals surface area (Å²) in [6.45, 7) is 5.12. The monoisotopic (exact) mass is 463 g/mol. The Morgan fingerprint density at radius 3 is 2.53 bits per heavy atom. The van der Waals surface area contributed by atoms with Crippen molar-refractivity contribution in [1.82, 2.24) is 9.47 Å². The molecule has 3 rings (SSSR count). The van der Waals surface area contributed by atoms with Crippen molar-refractivity contribution in [2.24, 2.45) is 5.92 Å². The van der Waals surface area contributed by atoms with Gasteiger partial charge in [-0.3, -0.25) is 0 Å². The highest BCUT2D eigenvalue weighted by atomic mass is 35.5. The highest BCUT2D eigenvalue weighted by molar-refractivity contribution is 6.30. The first-order chi connectivity index (χ1) is 15.1. The molecule has 0 aliphatic heterocycles. The van der Waals surface area contributed by atoms with E-state index in [2.05, 4.69) is 5.32 Å². The van der Waals surface area contributed by atoms with Crippen LogP contribution in [0.25, 0.3) is 0 Å². The van der Waals surface area contributed by atoms with Gasteiger partial charge in [0.05, 0.1) is 17.8 Å². The molecule has 4 nitrogen and oxygen atoms in total. The highest BCUT2D eigenvalue weighted by Crippen LogP contribution is 2.34. The van der Waals surface area contributed by atoms with E-state index >= 15 is 0 Å². The molecule has 0 saturated heterocycles. The number of para-hydroxylation sites is 1. The Balaban J connectivity index is 1.80. The molecular weight excluding hydrogens is 439 g/mol. The van der Waals surface area contributed by atoms with Crippen molar-refractivity contribution in [3.05, 3.63) is 88.7 Å². The smallest absolute Gasteiger partial charge is 0.345 e. The van der Waals surface area contributed by atoms with Gasteiger partial charge in [0, 0.05) is 30.0 Å². The predicted octanol–water partition coefficient (Wildman–Crippen LogP) is 6.90. The summed E-state index contributed by atoms with van der Waals surface area (Å²) in [6, 6.07) is 15.7. The summed E-state index contributed by atoms with van der Waals surface area (Å²) in [5.41, 5.74) is 0.744. The first-order valence-electron chi connectivity index (χ1n) is 10.2. The number of amides is 2. The second-order valence-electron chi connectivity index (χ2n) is 8.01. The molecule has 0 atom stereocenters. The lowest BCUT2D eigenvalue weighted by atomic mass is 10.1. The molecule has 1 N–H and O–H groups in total. The average Bonchev–Trinajstić information content (AvgIpc) is 3.13. The fraction of sp³-hybridized carbons (Fsp3) is 0.292. The number of alkyl halides is 3. The number of halogens is 4. The maximum Gasteiger partial charge on any atom is 0.418 e. The van der Waals surface area contributed by atoms with Gasteiger partial charge in [-0.2, -0.15) is 13.2 Å². The predicted molar refractivity (Wildman–Crippen MR) is 121 cm³/mol. The summed E-state index contributed by atoms with van der Waals surface area (Å²) >= 11 is 6.08. The molecule has 0 unspecified atom stereocenters. The summed E-state index contributed by atoms with van der Waals surface area (Å²) in [7, 11) is 0. The Bertz CT molecular complexity index is 1060. The Morgan fingerprint density at radius 1 is 1.09 bits per heavy atom. The minimum Gasteiger partial charge on any atom is -0.345 e. The van der Waals surface area contributed by atoms with Gasteiger partial charge in [-0.05, 0) is 47.9 Å². The van der Waals surface area contributed by atoms with Crippen LogP contribution in [0.3, 0.4) is 0 Å². The van der Waals surface area contributed by atoms with Crippen molar-refractivity contribution in [2.75, 3.05) is 11.9 Å². The molecule has 0 radical (unpaired) electrons. The number of urea groups is 1. The summed E-state index contributed by atoms with van der Waals surface area (Å²) in [4.78, 5) is 14.5. The minimum absolute atomic E-state index is 0.134. The van der Waals surface area contributed by atoms with E-state index in [0.29, 0.717) is 18.1 Å². The number of rotatable bonds is 7. The van der Waals surface area contributed by atoms with Gasteiger partial charge in [-0.1, -0.05) is 49.7 Å². The Morgan fingerprint density at radius 2 is 1.84 bits per heavy atom. The molecule has 170 valence electrons. The zero-order chi connectivity index (χ0) is 23.3. The third-order valence-corrected chi connectivity index (χ3v) is 5.10. The molecule has 1 aromatic heterocycles. The van der Waals surface area contributed by atoms with Crippen LogP contribution in [0.1, 0.15) is 30.7 Å². The zero-order valence-corrected chi connectivity index (χ0v) is 18.6. The van der Waals surface area contributed by atoms with Crippen LogP contribution in [-0.4, -0.2) is 22.0 Å². The molecule has 0 fully saturated rings. The van der Waals surface area contributed by atoms with Crippen LogP contribution in [0, 0.1) is 5.92 Å². The van der Waals surface area contributed by atoms with Gasteiger partial charge < -0.3 is 14.8 Å². The molecule has 1 heterocycles. The van der Waals surface area contributed by atoms with Crippen molar-refractivity contribution >= 4 is 23.3 Å². The van der Waals surface area contributed by atoms with Gasteiger partial charge in [0.15, 0.2) is 0 Å². The Hall–Kier alpha value is -2.93. The zero-order valence-electron chi connectivity index (χ0n) is 17.9. The van der Waals surface area contributed by atoms with Crippen molar-refractivity contribution in [2.45, 2.75) is 33.1 Å². The molecular formula is C24H25ClF3N3O. The first kappa shape index (κ1) is 23.7. The van der Waals surface area contributed by atoms with E-state index in [4.69, 9.17) is 11.6 Å². The third kappa shape index (κ3) is 6.29. The summed E-state index contributed by atoms with van der Waals surface area (Å²) < 4.78 is 42.0. The van der Waals surface area contributed by atoms with E-state index in [-0.39, 0.29) is 18.2 Å². The number of hydrogen-bond donors (Lipinski definition) is 1. The van der Waals surface area contributed by atoms with E-state index in [0.717, 1.165) is 17.3 Å². The number of anilines is 1. The quantitative estimate of drug-likeness (QED) is 0.406. The molecule has 3 aromatic rings. The van der Waals surface area contributed by atoms with Crippen LogP contribution in [0.2, 0.25) is 5.02 Å². The summed E-state index contributed by atoms with van der Waals surface area (Å²) in [5.74, 6) is 0.134. The van der Waals surface area contributed by atoms with E-state index < -0.39 is 17.8 Å². The van der Waals surface area contributed by atoms with Gasteiger partial charge in [0.1, 0.15) is 0 Å². The summed E-state index contributed by atoms with van der Waals surface area (Å²) in [5, 5.41) is 3.09. The van der Waals surface area contributed by atoms with Crippen LogP contribution >= 0.6 is 11.6 Å². The fourth-order valence-electron chi connectivity index (χ4n) is 3.47. The third-order valence-electron chi connectivity index (χ3n) is 4.87. The minimum atomic E-state index is -4.56. The van der Waals surface area contributed by atoms with Crippen LogP contribution in [0.4, 0.5) is 23.7 Å². The van der Waals surface area contributed by atoms with Crippen molar-refractivity contribution in [3.63, 3.8) is 0 Å². The topological polar surface area (TPSA) is 37.3 Å². The second-order valence-corrected chi connectivity index (χ2v) is 8.44. The Kier molecular flexibility index (Phi) is 7.51. The molecule has 0 aliphatic carbocycles. The largest absolute Gasteiger partial charge is 0.418 e. The molecule has 2 amide bonds. The molecule has 0 spiro atoms. The maximum atomic E-state index is 13.3. The normalized spacial score (nSPS) is 11.6. The van der Waals surface area contributed by atoms with Crippen LogP contribution in [0.15, 0.2) is 66.9 Å². The van der Waals surface area contributed by atoms with Crippen molar-refractivity contribution in [1.29, 1.82) is 0 Å². The number of nitrogens with zero attached hydrogens (tertiary/aromatic N) is 2. The molecule has 0 aliphatic rings. The first-order valence-corrected chi connectivity index (χ1v) is 10.6. The van der Waals surface area contributed by atoms with Crippen LogP contribution < -0.4 is 5.32 Å². The molecule has 0 saturated carbocycles. The molecule has 32 heavy (non-hydrogen) atoms. The molecule has 0 bridgehead atoms. The van der Waals surface area contributed by atoms with Crippen molar-refractivity contribution < 1.29 is 18.0 Å². The fourth-order valence-corrected chi connectivity index (χ4v) is 3.68. The maximum absolute atomic E-state index is 13.3. The number of carbonyl (C=O) groups is 1. The SMILES string of the molecule is CC(C)CN(Cc1cccn1Cc1cccc(Cl)c1)C(=O)Nc1ccccc1C(F)(F)F. The van der Waals surface area contributed by atoms with Crippen molar-refractivity contribution in [3.8, 4) is 0 Å². The summed E-state index contributed by atoms with van der Waals surface area (Å²) in [6.07, 6.45) is -2.65. The number of benzene rings is 2. The van der Waals surface area contributed by atoms with Gasteiger partial charge in [0.25, 0.3) is 0 Å². The van der Waals surface area contributed by atoms with Gasteiger partial charge in [-0.25, -0.2) is 4.79 Å².